The molecule has 0 unspecified atom stereocenters. The van der Waals surface area contributed by atoms with E-state index in [0.717, 1.165) is 31.0 Å². The molecule has 5 heteroatoms. The summed E-state index contributed by atoms with van der Waals surface area (Å²) >= 11 is 0. The molecule has 0 atom stereocenters. The van der Waals surface area contributed by atoms with Crippen molar-refractivity contribution >= 4 is 11.8 Å². The highest BCUT2D eigenvalue weighted by atomic mass is 15.2. The van der Waals surface area contributed by atoms with E-state index in [-0.39, 0.29) is 5.54 Å². The Bertz CT molecular complexity index is 401. The molecule has 19 heavy (non-hydrogen) atoms. The van der Waals surface area contributed by atoms with E-state index < -0.39 is 0 Å². The Balaban J connectivity index is 2.70. The van der Waals surface area contributed by atoms with Gasteiger partial charge in [-0.25, -0.2) is 4.98 Å². The minimum atomic E-state index is 0.0792. The normalized spacial score (nSPS) is 11.7. The zero-order chi connectivity index (χ0) is 14.5. The molecule has 1 rings (SSSR count). The van der Waals surface area contributed by atoms with Crippen LogP contribution in [0.1, 0.15) is 32.9 Å². The Kier molecular flexibility index (Phi) is 5.54. The summed E-state index contributed by atoms with van der Waals surface area (Å²) in [5, 5.41) is 6.61. The van der Waals surface area contributed by atoms with Crippen molar-refractivity contribution in [1.29, 1.82) is 0 Å². The lowest BCUT2D eigenvalue weighted by Crippen LogP contribution is -2.44. The van der Waals surface area contributed by atoms with Crippen LogP contribution in [0.4, 0.5) is 11.8 Å². The van der Waals surface area contributed by atoms with Crippen LogP contribution in [0, 0.1) is 6.92 Å². The highest BCUT2D eigenvalue weighted by molar-refractivity contribution is 5.42. The minimum absolute atomic E-state index is 0.0792. The van der Waals surface area contributed by atoms with Gasteiger partial charge < -0.3 is 15.5 Å². The predicted molar refractivity (Wildman–Crippen MR) is 81.8 cm³/mol. The maximum atomic E-state index is 4.48. The second-order valence-electron chi connectivity index (χ2n) is 5.71. The lowest BCUT2D eigenvalue weighted by molar-refractivity contribution is 0.210. The molecule has 5 nitrogen and oxygen atoms in total. The number of nitrogens with one attached hydrogen (secondary N) is 2. The number of likely N-dealkylation sites (N-methyl/N-ethyl adjacent to an activating group) is 1. The first-order valence-corrected chi connectivity index (χ1v) is 6.86. The molecule has 0 aliphatic heterocycles. The topological polar surface area (TPSA) is 53.1 Å². The van der Waals surface area contributed by atoms with Crippen LogP contribution in [-0.4, -0.2) is 47.6 Å². The van der Waals surface area contributed by atoms with E-state index in [0.29, 0.717) is 5.95 Å². The number of hydrogen-bond acceptors (Lipinski definition) is 5. The summed E-state index contributed by atoms with van der Waals surface area (Å²) in [6.45, 7) is 10.2. The van der Waals surface area contributed by atoms with E-state index in [1.165, 1.54) is 0 Å². The first-order chi connectivity index (χ1) is 8.85. The van der Waals surface area contributed by atoms with Gasteiger partial charge in [0, 0.05) is 30.4 Å². The van der Waals surface area contributed by atoms with Crippen molar-refractivity contribution in [2.24, 2.45) is 0 Å². The Morgan fingerprint density at radius 1 is 1.21 bits per heavy atom. The van der Waals surface area contributed by atoms with E-state index >= 15 is 0 Å². The number of anilines is 2. The van der Waals surface area contributed by atoms with E-state index in [1.807, 2.05) is 13.0 Å². The van der Waals surface area contributed by atoms with Crippen molar-refractivity contribution in [3.05, 3.63) is 11.8 Å². The fourth-order valence-corrected chi connectivity index (χ4v) is 1.44. The van der Waals surface area contributed by atoms with Crippen molar-refractivity contribution in [2.45, 2.75) is 39.7 Å². The number of aryl methyl sites for hydroxylation is 1. The molecular weight excluding hydrogens is 238 g/mol. The van der Waals surface area contributed by atoms with Crippen molar-refractivity contribution in [1.82, 2.24) is 14.9 Å². The van der Waals surface area contributed by atoms with Crippen LogP contribution >= 0.6 is 0 Å². The van der Waals surface area contributed by atoms with Gasteiger partial charge in [-0.2, -0.15) is 4.98 Å². The van der Waals surface area contributed by atoms with Gasteiger partial charge in [0.1, 0.15) is 5.82 Å². The summed E-state index contributed by atoms with van der Waals surface area (Å²) in [6, 6.07) is 1.98. The molecule has 1 aromatic rings. The number of rotatable bonds is 7. The van der Waals surface area contributed by atoms with E-state index in [2.05, 4.69) is 60.4 Å². The summed E-state index contributed by atoms with van der Waals surface area (Å²) in [4.78, 5) is 11.1. The summed E-state index contributed by atoms with van der Waals surface area (Å²) in [7, 11) is 4.17. The number of aromatic nitrogens is 2. The van der Waals surface area contributed by atoms with Gasteiger partial charge in [-0.05, 0) is 41.3 Å². The molecule has 0 aromatic carbocycles. The summed E-state index contributed by atoms with van der Waals surface area (Å²) in [6.07, 6.45) is 1.06. The maximum Gasteiger partial charge on any atom is 0.224 e. The average molecular weight is 265 g/mol. The second kappa shape index (κ2) is 6.70. The Hall–Kier alpha value is -1.36. The Labute approximate surface area is 116 Å². The third kappa shape index (κ3) is 5.03. The number of nitrogens with zero attached hydrogens (tertiary/aromatic N) is 3. The standard InChI is InChI=1S/C14H27N5/c1-7-8-15-13-17-11(2)9-12(18-13)16-10-14(3,4)19(5)6/h9H,7-8,10H2,1-6H3,(H2,15,16,17,18). The van der Waals surface area contributed by atoms with Crippen molar-refractivity contribution in [3.8, 4) is 0 Å². The quantitative estimate of drug-likeness (QED) is 0.792. The van der Waals surface area contributed by atoms with Gasteiger partial charge >= 0.3 is 0 Å². The Morgan fingerprint density at radius 3 is 2.47 bits per heavy atom. The van der Waals surface area contributed by atoms with Gasteiger partial charge in [0.25, 0.3) is 0 Å². The first-order valence-electron chi connectivity index (χ1n) is 6.86. The highest BCUT2D eigenvalue weighted by Gasteiger charge is 2.20. The molecule has 0 bridgehead atoms. The molecule has 2 N–H and O–H groups in total. The molecule has 108 valence electrons. The number of hydrogen-bond donors (Lipinski definition) is 2. The van der Waals surface area contributed by atoms with E-state index in [1.54, 1.807) is 0 Å². The molecule has 1 heterocycles. The zero-order valence-corrected chi connectivity index (χ0v) is 13.0. The minimum Gasteiger partial charge on any atom is -0.368 e. The molecule has 0 aliphatic carbocycles. The zero-order valence-electron chi connectivity index (χ0n) is 13.0. The van der Waals surface area contributed by atoms with Crippen LogP contribution in [0.5, 0.6) is 0 Å². The third-order valence-electron chi connectivity index (χ3n) is 3.30. The molecule has 0 saturated heterocycles. The summed E-state index contributed by atoms with van der Waals surface area (Å²) in [5.41, 5.74) is 1.05. The molecule has 0 saturated carbocycles. The van der Waals surface area contributed by atoms with Gasteiger partial charge in [0.2, 0.25) is 5.95 Å². The van der Waals surface area contributed by atoms with Crippen molar-refractivity contribution < 1.29 is 0 Å². The van der Waals surface area contributed by atoms with Crippen LogP contribution in [-0.2, 0) is 0 Å². The highest BCUT2D eigenvalue weighted by Crippen LogP contribution is 2.14. The summed E-state index contributed by atoms with van der Waals surface area (Å²) < 4.78 is 0. The van der Waals surface area contributed by atoms with Gasteiger partial charge in [-0.3, -0.25) is 0 Å². The predicted octanol–water partition coefficient (Wildman–Crippen LogP) is 2.36. The third-order valence-corrected chi connectivity index (χ3v) is 3.30. The lowest BCUT2D eigenvalue weighted by atomic mass is 10.0. The lowest BCUT2D eigenvalue weighted by Gasteiger charge is -2.32. The Morgan fingerprint density at radius 2 is 1.89 bits per heavy atom. The summed E-state index contributed by atoms with van der Waals surface area (Å²) in [5.74, 6) is 1.58. The molecule has 0 fully saturated rings. The molecule has 0 aliphatic rings. The SMILES string of the molecule is CCCNc1nc(C)cc(NCC(C)(C)N(C)C)n1. The first kappa shape index (κ1) is 15.7. The van der Waals surface area contributed by atoms with Crippen LogP contribution < -0.4 is 10.6 Å². The van der Waals surface area contributed by atoms with Crippen LogP contribution in [0.15, 0.2) is 6.07 Å². The van der Waals surface area contributed by atoms with E-state index in [9.17, 15) is 0 Å². The molecule has 0 amide bonds. The monoisotopic (exact) mass is 265 g/mol. The maximum absolute atomic E-state index is 4.48. The van der Waals surface area contributed by atoms with Gasteiger partial charge in [0.15, 0.2) is 0 Å². The van der Waals surface area contributed by atoms with Gasteiger partial charge in [-0.15, -0.1) is 0 Å². The average Bonchev–Trinajstić information content (AvgIpc) is 2.33. The van der Waals surface area contributed by atoms with Crippen LogP contribution in [0.3, 0.4) is 0 Å². The van der Waals surface area contributed by atoms with Crippen LogP contribution in [0.25, 0.3) is 0 Å². The fourth-order valence-electron chi connectivity index (χ4n) is 1.44. The molecule has 0 spiro atoms. The van der Waals surface area contributed by atoms with Gasteiger partial charge in [-0.1, -0.05) is 6.92 Å². The molecule has 0 radical (unpaired) electrons. The van der Waals surface area contributed by atoms with Crippen molar-refractivity contribution in [3.63, 3.8) is 0 Å². The second-order valence-corrected chi connectivity index (χ2v) is 5.71. The molecular formula is C14H27N5. The van der Waals surface area contributed by atoms with E-state index in [4.69, 9.17) is 0 Å². The van der Waals surface area contributed by atoms with Gasteiger partial charge in [0.05, 0.1) is 0 Å². The van der Waals surface area contributed by atoms with Crippen molar-refractivity contribution in [2.75, 3.05) is 37.8 Å². The smallest absolute Gasteiger partial charge is 0.224 e. The molecule has 1 aromatic heterocycles. The van der Waals surface area contributed by atoms with Crippen LogP contribution in [0.2, 0.25) is 0 Å². The largest absolute Gasteiger partial charge is 0.368 e. The fraction of sp³-hybridized carbons (Fsp3) is 0.714.